The molecule has 0 bridgehead atoms. The Kier molecular flexibility index (Phi) is 4.55. The fourth-order valence-corrected chi connectivity index (χ4v) is 3.22. The average Bonchev–Trinajstić information content (AvgIpc) is 2.79. The summed E-state index contributed by atoms with van der Waals surface area (Å²) in [5.41, 5.74) is 1.98. The van der Waals surface area contributed by atoms with Crippen molar-refractivity contribution >= 4 is 5.69 Å². The Labute approximate surface area is 122 Å². The molecule has 1 heterocycles. The van der Waals surface area contributed by atoms with Crippen molar-refractivity contribution in [2.45, 2.75) is 26.0 Å². The number of aliphatic hydroxyl groups is 1. The molecule has 2 unspecified atom stereocenters. The van der Waals surface area contributed by atoms with Crippen molar-refractivity contribution in [3.63, 3.8) is 0 Å². The third-order valence-electron chi connectivity index (χ3n) is 4.26. The van der Waals surface area contributed by atoms with Crippen LogP contribution < -0.4 is 9.64 Å². The molecule has 0 saturated carbocycles. The second-order valence-electron chi connectivity index (χ2n) is 5.98. The van der Waals surface area contributed by atoms with E-state index in [4.69, 9.17) is 4.74 Å². The summed E-state index contributed by atoms with van der Waals surface area (Å²) in [6.07, 6.45) is -0.533. The zero-order valence-corrected chi connectivity index (χ0v) is 13.1. The second-order valence-corrected chi connectivity index (χ2v) is 5.98. The summed E-state index contributed by atoms with van der Waals surface area (Å²) < 4.78 is 5.41. The molecule has 0 radical (unpaired) electrons. The molecule has 3 atom stereocenters. The van der Waals surface area contributed by atoms with Crippen LogP contribution in [0.5, 0.6) is 5.75 Å². The molecule has 1 N–H and O–H groups in total. The van der Waals surface area contributed by atoms with Gasteiger partial charge in [0.25, 0.3) is 0 Å². The Morgan fingerprint density at radius 2 is 2.05 bits per heavy atom. The number of benzene rings is 1. The molecular formula is C16H26N2O2. The van der Waals surface area contributed by atoms with Crippen LogP contribution >= 0.6 is 0 Å². The van der Waals surface area contributed by atoms with Crippen molar-refractivity contribution in [3.05, 3.63) is 23.8 Å². The number of ether oxygens (including phenoxy) is 1. The van der Waals surface area contributed by atoms with E-state index in [1.54, 1.807) is 14.0 Å². The minimum atomic E-state index is -0.533. The van der Waals surface area contributed by atoms with Gasteiger partial charge >= 0.3 is 0 Å². The maximum atomic E-state index is 10.1. The third-order valence-corrected chi connectivity index (χ3v) is 4.26. The van der Waals surface area contributed by atoms with Crippen molar-refractivity contribution in [3.8, 4) is 5.75 Å². The number of methoxy groups -OCH3 is 1. The molecule has 4 nitrogen and oxygen atoms in total. The number of anilines is 1. The Balaban J connectivity index is 2.34. The summed E-state index contributed by atoms with van der Waals surface area (Å²) in [7, 11) is 5.91. The molecule has 0 aliphatic carbocycles. The first-order chi connectivity index (χ1) is 9.45. The summed E-state index contributed by atoms with van der Waals surface area (Å²) in [4.78, 5) is 4.65. The molecular weight excluding hydrogens is 252 g/mol. The van der Waals surface area contributed by atoms with Gasteiger partial charge in [-0.25, -0.2) is 0 Å². The van der Waals surface area contributed by atoms with Crippen LogP contribution in [0.2, 0.25) is 0 Å². The predicted octanol–water partition coefficient (Wildman–Crippen LogP) is 2.13. The first-order valence-corrected chi connectivity index (χ1v) is 7.22. The highest BCUT2D eigenvalue weighted by molar-refractivity contribution is 5.61. The molecule has 0 spiro atoms. The Morgan fingerprint density at radius 3 is 2.55 bits per heavy atom. The quantitative estimate of drug-likeness (QED) is 0.915. The van der Waals surface area contributed by atoms with E-state index in [2.05, 4.69) is 36.9 Å². The molecule has 0 aromatic heterocycles. The first kappa shape index (κ1) is 15.1. The van der Waals surface area contributed by atoms with Gasteiger partial charge < -0.3 is 19.6 Å². The zero-order chi connectivity index (χ0) is 14.9. The highest BCUT2D eigenvalue weighted by Crippen LogP contribution is 2.37. The van der Waals surface area contributed by atoms with E-state index >= 15 is 0 Å². The van der Waals surface area contributed by atoms with Crippen molar-refractivity contribution in [1.29, 1.82) is 0 Å². The van der Waals surface area contributed by atoms with Crippen LogP contribution in [0.3, 0.4) is 0 Å². The summed E-state index contributed by atoms with van der Waals surface area (Å²) in [5.74, 6) is 1.37. The minimum Gasteiger partial charge on any atom is -0.496 e. The minimum absolute atomic E-state index is 0.533. The Bertz CT molecular complexity index is 460. The van der Waals surface area contributed by atoms with Crippen molar-refractivity contribution in [1.82, 2.24) is 4.90 Å². The van der Waals surface area contributed by atoms with E-state index in [0.29, 0.717) is 12.0 Å². The number of nitrogens with zero attached hydrogens (tertiary/aromatic N) is 2. The molecule has 1 aromatic carbocycles. The van der Waals surface area contributed by atoms with Crippen LogP contribution in [0, 0.1) is 5.92 Å². The third kappa shape index (κ3) is 2.76. The monoisotopic (exact) mass is 278 g/mol. The van der Waals surface area contributed by atoms with Crippen LogP contribution in [0.4, 0.5) is 5.69 Å². The SMILES string of the molecule is COc1cccc(N2CC(C)C(N(C)C)C2)c1[C@H](C)O. The van der Waals surface area contributed by atoms with Crippen molar-refractivity contribution in [2.75, 3.05) is 39.2 Å². The van der Waals surface area contributed by atoms with E-state index in [1.807, 2.05) is 12.1 Å². The standard InChI is InChI=1S/C16H26N2O2/c1-11-9-18(10-14(11)17(3)4)13-7-6-8-15(20-5)16(13)12(2)19/h6-8,11-12,14,19H,9-10H2,1-5H3/t11?,12-,14?/m0/s1. The Hall–Kier alpha value is -1.26. The van der Waals surface area contributed by atoms with E-state index in [1.165, 1.54) is 0 Å². The predicted molar refractivity (Wildman–Crippen MR) is 82.5 cm³/mol. The summed E-state index contributed by atoms with van der Waals surface area (Å²) in [6.45, 7) is 6.08. The van der Waals surface area contributed by atoms with Crippen LogP contribution in [-0.4, -0.2) is 50.3 Å². The maximum absolute atomic E-state index is 10.1. The van der Waals surface area contributed by atoms with Crippen LogP contribution in [-0.2, 0) is 0 Å². The van der Waals surface area contributed by atoms with Gasteiger partial charge in [0.05, 0.1) is 13.2 Å². The lowest BCUT2D eigenvalue weighted by molar-refractivity contribution is 0.194. The molecule has 4 heteroatoms. The number of hydrogen-bond acceptors (Lipinski definition) is 4. The number of aliphatic hydroxyl groups excluding tert-OH is 1. The van der Waals surface area contributed by atoms with Gasteiger partial charge in [-0.3, -0.25) is 0 Å². The van der Waals surface area contributed by atoms with Gasteiger partial charge in [-0.1, -0.05) is 13.0 Å². The topological polar surface area (TPSA) is 35.9 Å². The average molecular weight is 278 g/mol. The van der Waals surface area contributed by atoms with E-state index in [9.17, 15) is 5.11 Å². The molecule has 2 rings (SSSR count). The smallest absolute Gasteiger partial charge is 0.126 e. The second kappa shape index (κ2) is 6.02. The number of rotatable bonds is 4. The van der Waals surface area contributed by atoms with Crippen molar-refractivity contribution in [2.24, 2.45) is 5.92 Å². The van der Waals surface area contributed by atoms with Gasteiger partial charge in [0.2, 0.25) is 0 Å². The molecule has 112 valence electrons. The summed E-state index contributed by atoms with van der Waals surface area (Å²) in [6, 6.07) is 6.53. The van der Waals surface area contributed by atoms with E-state index in [0.717, 1.165) is 30.1 Å². The Morgan fingerprint density at radius 1 is 1.35 bits per heavy atom. The molecule has 1 saturated heterocycles. The molecule has 1 aromatic rings. The van der Waals surface area contributed by atoms with Gasteiger partial charge in [-0.15, -0.1) is 0 Å². The van der Waals surface area contributed by atoms with Gasteiger partial charge in [0.1, 0.15) is 5.75 Å². The molecule has 1 fully saturated rings. The van der Waals surface area contributed by atoms with Gasteiger partial charge in [0, 0.05) is 30.4 Å². The number of likely N-dealkylation sites (N-methyl/N-ethyl adjacent to an activating group) is 1. The largest absolute Gasteiger partial charge is 0.496 e. The lowest BCUT2D eigenvalue weighted by Crippen LogP contribution is -2.34. The van der Waals surface area contributed by atoms with Gasteiger partial charge in [-0.2, -0.15) is 0 Å². The van der Waals surface area contributed by atoms with Crippen molar-refractivity contribution < 1.29 is 9.84 Å². The normalized spacial score (nSPS) is 24.2. The first-order valence-electron chi connectivity index (χ1n) is 7.22. The van der Waals surface area contributed by atoms with E-state index in [-0.39, 0.29) is 0 Å². The number of hydrogen-bond donors (Lipinski definition) is 1. The highest BCUT2D eigenvalue weighted by atomic mass is 16.5. The summed E-state index contributed by atoms with van der Waals surface area (Å²) >= 11 is 0. The van der Waals surface area contributed by atoms with Crippen LogP contribution in [0.25, 0.3) is 0 Å². The van der Waals surface area contributed by atoms with Gasteiger partial charge in [-0.05, 0) is 39.1 Å². The highest BCUT2D eigenvalue weighted by Gasteiger charge is 2.32. The molecule has 1 aliphatic heterocycles. The molecule has 20 heavy (non-hydrogen) atoms. The fraction of sp³-hybridized carbons (Fsp3) is 0.625. The maximum Gasteiger partial charge on any atom is 0.126 e. The molecule has 1 aliphatic rings. The summed E-state index contributed by atoms with van der Waals surface area (Å²) in [5, 5.41) is 10.1. The van der Waals surface area contributed by atoms with E-state index < -0.39 is 6.10 Å². The lowest BCUT2D eigenvalue weighted by atomic mass is 10.1. The fourth-order valence-electron chi connectivity index (χ4n) is 3.22. The lowest BCUT2D eigenvalue weighted by Gasteiger charge is -2.26. The van der Waals surface area contributed by atoms with Gasteiger partial charge in [0.15, 0.2) is 0 Å². The molecule has 0 amide bonds. The van der Waals surface area contributed by atoms with Crippen LogP contribution in [0.1, 0.15) is 25.5 Å². The van der Waals surface area contributed by atoms with Crippen LogP contribution in [0.15, 0.2) is 18.2 Å². The zero-order valence-electron chi connectivity index (χ0n) is 13.1.